The van der Waals surface area contributed by atoms with E-state index in [1.807, 2.05) is 58.9 Å². The van der Waals surface area contributed by atoms with Crippen LogP contribution in [0.15, 0.2) is 71.6 Å². The summed E-state index contributed by atoms with van der Waals surface area (Å²) in [6.45, 7) is 9.80. The lowest BCUT2D eigenvalue weighted by Crippen LogP contribution is -2.11. The van der Waals surface area contributed by atoms with Crippen molar-refractivity contribution in [2.75, 3.05) is 0 Å². The molecule has 0 radical (unpaired) electrons. The molecular weight excluding hydrogens is 453 g/mol. The summed E-state index contributed by atoms with van der Waals surface area (Å²) in [6, 6.07) is 12.9. The highest BCUT2D eigenvalue weighted by Crippen LogP contribution is 2.35. The average molecular weight is 484 g/mol. The summed E-state index contributed by atoms with van der Waals surface area (Å²) >= 11 is 0. The van der Waals surface area contributed by atoms with Gasteiger partial charge in [0, 0.05) is 35.8 Å². The van der Waals surface area contributed by atoms with Crippen molar-refractivity contribution in [2.45, 2.75) is 46.6 Å². The molecule has 0 unspecified atom stereocenters. The molecule has 0 aliphatic carbocycles. The van der Waals surface area contributed by atoms with E-state index in [-0.39, 0.29) is 11.4 Å². The minimum absolute atomic E-state index is 0.236. The van der Waals surface area contributed by atoms with E-state index in [1.165, 1.54) is 12.3 Å². The quantitative estimate of drug-likeness (QED) is 0.317. The fourth-order valence-electron chi connectivity index (χ4n) is 3.82. The number of hydrogen-bond donors (Lipinski definition) is 1. The summed E-state index contributed by atoms with van der Waals surface area (Å²) in [6.07, 6.45) is 6.86. The number of aryl methyl sites for hydroxylation is 2. The highest BCUT2D eigenvalue weighted by Gasteiger charge is 2.14. The Bertz CT molecular complexity index is 1470. The Morgan fingerprint density at radius 1 is 1.06 bits per heavy atom. The number of rotatable bonds is 6. The van der Waals surface area contributed by atoms with Gasteiger partial charge < -0.3 is 10.5 Å². The van der Waals surface area contributed by atoms with Gasteiger partial charge in [0.2, 0.25) is 0 Å². The van der Waals surface area contributed by atoms with E-state index in [0.29, 0.717) is 23.5 Å². The van der Waals surface area contributed by atoms with Gasteiger partial charge in [0.15, 0.2) is 0 Å². The van der Waals surface area contributed by atoms with Gasteiger partial charge in [-0.05, 0) is 93.4 Å². The van der Waals surface area contributed by atoms with Gasteiger partial charge in [0.25, 0.3) is 0 Å². The maximum absolute atomic E-state index is 15.1. The van der Waals surface area contributed by atoms with Crippen molar-refractivity contribution in [1.82, 2.24) is 15.2 Å². The maximum atomic E-state index is 15.1. The van der Waals surface area contributed by atoms with Crippen molar-refractivity contribution in [3.63, 3.8) is 0 Å². The molecule has 0 fully saturated rings. The third-order valence-electron chi connectivity index (χ3n) is 5.71. The molecule has 0 aliphatic heterocycles. The van der Waals surface area contributed by atoms with Gasteiger partial charge >= 0.3 is 0 Å². The fourth-order valence-corrected chi connectivity index (χ4v) is 3.82. The second-order valence-corrected chi connectivity index (χ2v) is 9.73. The number of benzene rings is 2. The minimum Gasteiger partial charge on any atom is -0.456 e. The first-order valence-corrected chi connectivity index (χ1v) is 11.7. The second-order valence-electron chi connectivity index (χ2n) is 9.73. The lowest BCUT2D eigenvalue weighted by Gasteiger charge is -2.15. The van der Waals surface area contributed by atoms with E-state index in [1.54, 1.807) is 30.7 Å². The lowest BCUT2D eigenvalue weighted by molar-refractivity contribution is 0.476. The lowest BCUT2D eigenvalue weighted by atomic mass is 10.0. The van der Waals surface area contributed by atoms with Crippen molar-refractivity contribution >= 4 is 17.1 Å². The zero-order valence-corrected chi connectivity index (χ0v) is 21.2. The molecule has 36 heavy (non-hydrogen) atoms. The Hall–Kier alpha value is -4.13. The zero-order chi connectivity index (χ0) is 25.9. The first kappa shape index (κ1) is 25.0. The topological polar surface area (TPSA) is 86.3 Å². The molecule has 6 nitrogen and oxygen atoms in total. The second kappa shape index (κ2) is 10.2. The van der Waals surface area contributed by atoms with Crippen LogP contribution in [0.4, 0.5) is 4.39 Å². The minimum atomic E-state index is -0.364. The Morgan fingerprint density at radius 3 is 2.58 bits per heavy atom. The van der Waals surface area contributed by atoms with Gasteiger partial charge in [-0.25, -0.2) is 4.39 Å². The van der Waals surface area contributed by atoms with Crippen molar-refractivity contribution in [3.8, 4) is 22.6 Å². The Labute approximate surface area is 210 Å². The summed E-state index contributed by atoms with van der Waals surface area (Å²) in [5, 5.41) is 8.90. The van der Waals surface area contributed by atoms with Crippen molar-refractivity contribution in [3.05, 3.63) is 89.3 Å². The monoisotopic (exact) mass is 483 g/mol. The Kier molecular flexibility index (Phi) is 7.10. The summed E-state index contributed by atoms with van der Waals surface area (Å²) in [5.41, 5.74) is 11.2. The number of nitrogens with two attached hydrogens (primary N) is 1. The number of hydrogen-bond acceptors (Lipinski definition) is 6. The van der Waals surface area contributed by atoms with E-state index < -0.39 is 0 Å². The predicted octanol–water partition coefficient (Wildman–Crippen LogP) is 6.49. The third kappa shape index (κ3) is 5.74. The molecule has 0 aliphatic rings. The number of ether oxygens (including phenoxy) is 1. The summed E-state index contributed by atoms with van der Waals surface area (Å²) < 4.78 is 21.4. The van der Waals surface area contributed by atoms with Gasteiger partial charge in [0.1, 0.15) is 17.3 Å². The average Bonchev–Trinajstić information content (AvgIpc) is 2.84. The van der Waals surface area contributed by atoms with Crippen LogP contribution in [0.1, 0.15) is 37.6 Å². The SMILES string of the molecule is Cc1cc(C/C(C=NC(C)(C)C)=C/N)c(F)cc1Oc1ccnc2ccc(-c3ccnnc3C)cc12. The van der Waals surface area contributed by atoms with Crippen LogP contribution in [0.25, 0.3) is 22.0 Å². The molecule has 2 aromatic carbocycles. The molecule has 0 atom stereocenters. The van der Waals surface area contributed by atoms with Gasteiger partial charge in [-0.3, -0.25) is 9.98 Å². The number of nitrogens with zero attached hydrogens (tertiary/aromatic N) is 4. The van der Waals surface area contributed by atoms with Gasteiger partial charge in [-0.2, -0.15) is 10.2 Å². The van der Waals surface area contributed by atoms with Crippen LogP contribution >= 0.6 is 0 Å². The molecule has 7 heteroatoms. The summed E-state index contributed by atoms with van der Waals surface area (Å²) in [7, 11) is 0. The molecule has 0 saturated heterocycles. The molecule has 184 valence electrons. The van der Waals surface area contributed by atoms with Gasteiger partial charge in [0.05, 0.1) is 22.9 Å². The number of aliphatic imine (C=N–C) groups is 1. The molecule has 0 amide bonds. The van der Waals surface area contributed by atoms with E-state index in [4.69, 9.17) is 10.5 Å². The van der Waals surface area contributed by atoms with Gasteiger partial charge in [-0.1, -0.05) is 6.07 Å². The number of allylic oxidation sites excluding steroid dienone is 1. The van der Waals surface area contributed by atoms with Crippen LogP contribution < -0.4 is 10.5 Å². The number of aromatic nitrogens is 3. The normalized spacial score (nSPS) is 12.4. The van der Waals surface area contributed by atoms with Crippen LogP contribution in [-0.4, -0.2) is 26.9 Å². The summed E-state index contributed by atoms with van der Waals surface area (Å²) in [4.78, 5) is 8.94. The number of pyridine rings is 1. The largest absolute Gasteiger partial charge is 0.456 e. The zero-order valence-electron chi connectivity index (χ0n) is 21.2. The first-order valence-electron chi connectivity index (χ1n) is 11.7. The van der Waals surface area contributed by atoms with Crippen LogP contribution in [0.5, 0.6) is 11.5 Å². The molecule has 4 aromatic rings. The van der Waals surface area contributed by atoms with Crippen LogP contribution in [0.3, 0.4) is 0 Å². The fraction of sp³-hybridized carbons (Fsp3) is 0.241. The highest BCUT2D eigenvalue weighted by atomic mass is 19.1. The third-order valence-corrected chi connectivity index (χ3v) is 5.71. The Morgan fingerprint density at radius 2 is 1.86 bits per heavy atom. The first-order chi connectivity index (χ1) is 17.1. The molecular formula is C29H30FN5O. The number of halogens is 1. The maximum Gasteiger partial charge on any atom is 0.138 e. The molecule has 0 bridgehead atoms. The van der Waals surface area contributed by atoms with Crippen LogP contribution in [0.2, 0.25) is 0 Å². The highest BCUT2D eigenvalue weighted by molar-refractivity contribution is 5.89. The van der Waals surface area contributed by atoms with Crippen molar-refractivity contribution in [2.24, 2.45) is 10.7 Å². The van der Waals surface area contributed by atoms with E-state index in [0.717, 1.165) is 38.9 Å². The smallest absolute Gasteiger partial charge is 0.138 e. The Balaban J connectivity index is 1.65. The predicted molar refractivity (Wildman–Crippen MR) is 143 cm³/mol. The van der Waals surface area contributed by atoms with Crippen molar-refractivity contribution in [1.29, 1.82) is 0 Å². The molecule has 2 N–H and O–H groups in total. The summed E-state index contributed by atoms with van der Waals surface area (Å²) in [5.74, 6) is 0.672. The van der Waals surface area contributed by atoms with E-state index in [2.05, 4.69) is 20.2 Å². The molecule has 0 saturated carbocycles. The van der Waals surface area contributed by atoms with Crippen molar-refractivity contribution < 1.29 is 9.13 Å². The number of fused-ring (bicyclic) bond motifs is 1. The van der Waals surface area contributed by atoms with Crippen LogP contribution in [-0.2, 0) is 6.42 Å². The standard InChI is InChI=1S/C29H30FN5O/c1-18-12-22(13-20(16-31)17-33-29(3,4)5)25(30)15-28(18)36-27-9-10-32-26-7-6-21(14-24(26)27)23-8-11-34-35-19(23)2/h6-12,14-17H,13,31H2,1-5H3/b20-16-,33-17?. The van der Waals surface area contributed by atoms with Gasteiger partial charge in [-0.15, -0.1) is 0 Å². The van der Waals surface area contributed by atoms with Crippen LogP contribution in [0, 0.1) is 19.7 Å². The van der Waals surface area contributed by atoms with E-state index >= 15 is 4.39 Å². The molecule has 4 rings (SSSR count). The molecule has 2 aromatic heterocycles. The molecule has 0 spiro atoms. The molecule has 2 heterocycles. The van der Waals surface area contributed by atoms with E-state index in [9.17, 15) is 0 Å².